The number of hydrogen-bond acceptors (Lipinski definition) is 1. The van der Waals surface area contributed by atoms with E-state index >= 15 is 0 Å². The molecule has 0 radical (unpaired) electrons. The van der Waals surface area contributed by atoms with Crippen LogP contribution in [0.1, 0.15) is 79.1 Å². The molecule has 106 valence electrons. The van der Waals surface area contributed by atoms with Gasteiger partial charge in [-0.25, -0.2) is 0 Å². The molecule has 2 atom stereocenters. The lowest BCUT2D eigenvalue weighted by Crippen LogP contribution is -2.02. The highest BCUT2D eigenvalue weighted by molar-refractivity contribution is 5.79. The number of Topliss-reactive ketones (excluding diaryl/α,β-unsaturated/α-hetero) is 1. The van der Waals surface area contributed by atoms with Gasteiger partial charge in [0.05, 0.1) is 0 Å². The van der Waals surface area contributed by atoms with Crippen LogP contribution in [0, 0.1) is 11.8 Å². The van der Waals surface area contributed by atoms with E-state index in [-0.39, 0.29) is 11.7 Å². The minimum Gasteiger partial charge on any atom is -0.299 e. The molecule has 0 aliphatic carbocycles. The zero-order valence-corrected chi connectivity index (χ0v) is 12.9. The second-order valence-corrected chi connectivity index (χ2v) is 5.72. The van der Waals surface area contributed by atoms with Gasteiger partial charge in [-0.05, 0) is 19.3 Å². The Bertz CT molecular complexity index is 230. The Balaban J connectivity index is 3.48. The van der Waals surface area contributed by atoms with Crippen molar-refractivity contribution >= 4 is 5.78 Å². The number of rotatable bonds is 11. The first-order valence-electron chi connectivity index (χ1n) is 7.75. The Hall–Kier alpha value is -0.590. The van der Waals surface area contributed by atoms with Crippen molar-refractivity contribution in [2.75, 3.05) is 0 Å². The zero-order chi connectivity index (χ0) is 13.8. The lowest BCUT2D eigenvalue weighted by atomic mass is 9.97. The van der Waals surface area contributed by atoms with Gasteiger partial charge in [-0.1, -0.05) is 77.9 Å². The van der Waals surface area contributed by atoms with Crippen LogP contribution in [0.3, 0.4) is 0 Å². The van der Waals surface area contributed by atoms with Crippen LogP contribution in [0.15, 0.2) is 12.2 Å². The van der Waals surface area contributed by atoms with Gasteiger partial charge in [0.2, 0.25) is 0 Å². The van der Waals surface area contributed by atoms with E-state index in [9.17, 15) is 4.79 Å². The molecule has 0 fully saturated rings. The maximum absolute atomic E-state index is 11.1. The summed E-state index contributed by atoms with van der Waals surface area (Å²) in [4.78, 5) is 11.1. The Labute approximate surface area is 114 Å². The van der Waals surface area contributed by atoms with Crippen LogP contribution in [0.5, 0.6) is 0 Å². The van der Waals surface area contributed by atoms with E-state index in [0.29, 0.717) is 0 Å². The van der Waals surface area contributed by atoms with Gasteiger partial charge in [-0.2, -0.15) is 0 Å². The molecule has 0 rings (SSSR count). The molecule has 0 aromatic rings. The second-order valence-electron chi connectivity index (χ2n) is 5.72. The molecule has 0 spiro atoms. The maximum atomic E-state index is 11.1. The number of carbonyl (C=O) groups excluding carboxylic acids is 1. The third-order valence-electron chi connectivity index (χ3n) is 3.65. The van der Waals surface area contributed by atoms with Crippen molar-refractivity contribution in [2.24, 2.45) is 11.8 Å². The summed E-state index contributed by atoms with van der Waals surface area (Å²) in [6.45, 7) is 8.21. The lowest BCUT2D eigenvalue weighted by molar-refractivity contribution is -0.118. The third kappa shape index (κ3) is 10.6. The van der Waals surface area contributed by atoms with Crippen molar-refractivity contribution in [2.45, 2.75) is 79.1 Å². The summed E-state index contributed by atoms with van der Waals surface area (Å²) in [6, 6.07) is 0. The molecule has 0 heterocycles. The van der Waals surface area contributed by atoms with Gasteiger partial charge in [0.25, 0.3) is 0 Å². The summed E-state index contributed by atoms with van der Waals surface area (Å²) < 4.78 is 0. The Morgan fingerprint density at radius 1 is 1.06 bits per heavy atom. The highest BCUT2D eigenvalue weighted by Gasteiger charge is 2.03. The molecule has 18 heavy (non-hydrogen) atoms. The Morgan fingerprint density at radius 2 is 1.67 bits per heavy atom. The van der Waals surface area contributed by atoms with Crippen molar-refractivity contribution in [1.82, 2.24) is 0 Å². The number of unbranched alkanes of at least 4 members (excludes halogenated alkanes) is 5. The third-order valence-corrected chi connectivity index (χ3v) is 3.65. The van der Waals surface area contributed by atoms with Gasteiger partial charge in [-0.15, -0.1) is 0 Å². The van der Waals surface area contributed by atoms with Crippen LogP contribution in [0.4, 0.5) is 0 Å². The van der Waals surface area contributed by atoms with Crippen LogP contribution >= 0.6 is 0 Å². The highest BCUT2D eigenvalue weighted by Crippen LogP contribution is 2.15. The number of allylic oxidation sites excluding steroid dienone is 2. The van der Waals surface area contributed by atoms with Crippen LogP contribution in [-0.2, 0) is 4.79 Å². The Kier molecular flexibility index (Phi) is 11.1. The van der Waals surface area contributed by atoms with Crippen LogP contribution in [-0.4, -0.2) is 5.78 Å². The van der Waals surface area contributed by atoms with Gasteiger partial charge >= 0.3 is 0 Å². The average Bonchev–Trinajstić information content (AvgIpc) is 2.33. The molecule has 0 aliphatic heterocycles. The molecule has 0 aromatic carbocycles. The topological polar surface area (TPSA) is 17.1 Å². The maximum Gasteiger partial charge on any atom is 0.136 e. The molecule has 0 N–H and O–H groups in total. The molecular weight excluding hydrogens is 220 g/mol. The fourth-order valence-electron chi connectivity index (χ4n) is 2.04. The van der Waals surface area contributed by atoms with E-state index in [2.05, 4.69) is 26.0 Å². The summed E-state index contributed by atoms with van der Waals surface area (Å²) in [5.74, 6) is 1.10. The van der Waals surface area contributed by atoms with Crippen LogP contribution in [0.25, 0.3) is 0 Å². The number of ketones is 1. The first-order chi connectivity index (χ1) is 8.57. The van der Waals surface area contributed by atoms with Crippen LogP contribution < -0.4 is 0 Å². The van der Waals surface area contributed by atoms with Gasteiger partial charge < -0.3 is 0 Å². The molecule has 0 aliphatic rings. The van der Waals surface area contributed by atoms with E-state index in [4.69, 9.17) is 0 Å². The van der Waals surface area contributed by atoms with E-state index in [0.717, 1.165) is 12.3 Å². The molecule has 0 amide bonds. The number of hydrogen-bond donors (Lipinski definition) is 0. The quantitative estimate of drug-likeness (QED) is 0.348. The Morgan fingerprint density at radius 3 is 2.28 bits per heavy atom. The minimum atomic E-state index is 0.0891. The smallest absolute Gasteiger partial charge is 0.136 e. The summed E-state index contributed by atoms with van der Waals surface area (Å²) in [7, 11) is 0. The van der Waals surface area contributed by atoms with E-state index in [1.165, 1.54) is 44.9 Å². The van der Waals surface area contributed by atoms with Gasteiger partial charge in [-0.3, -0.25) is 4.79 Å². The molecule has 0 saturated heterocycles. The average molecular weight is 252 g/mol. The molecule has 0 saturated carbocycles. The van der Waals surface area contributed by atoms with E-state index in [1.54, 1.807) is 6.92 Å². The highest BCUT2D eigenvalue weighted by atomic mass is 16.1. The molecule has 0 unspecified atom stereocenters. The fourth-order valence-corrected chi connectivity index (χ4v) is 2.04. The van der Waals surface area contributed by atoms with Crippen molar-refractivity contribution in [3.8, 4) is 0 Å². The van der Waals surface area contributed by atoms with Crippen molar-refractivity contribution in [3.63, 3.8) is 0 Å². The van der Waals surface area contributed by atoms with Gasteiger partial charge in [0.15, 0.2) is 0 Å². The number of carbonyl (C=O) groups is 1. The monoisotopic (exact) mass is 252 g/mol. The SMILES string of the molecule is CCCCCCCC[C@@H](C)C/C=C\[C@H](C)C(C)=O. The second kappa shape index (κ2) is 11.5. The summed E-state index contributed by atoms with van der Waals surface area (Å²) >= 11 is 0. The predicted octanol–water partition coefficient (Wildman–Crippen LogP) is 5.54. The molecule has 1 nitrogen and oxygen atoms in total. The normalized spacial score (nSPS) is 14.9. The van der Waals surface area contributed by atoms with Crippen molar-refractivity contribution in [3.05, 3.63) is 12.2 Å². The largest absolute Gasteiger partial charge is 0.299 e. The summed E-state index contributed by atoms with van der Waals surface area (Å²) in [6.07, 6.45) is 15.0. The molecule has 0 aromatic heterocycles. The zero-order valence-electron chi connectivity index (χ0n) is 12.9. The molecule has 1 heteroatoms. The minimum absolute atomic E-state index is 0.0891. The van der Waals surface area contributed by atoms with Gasteiger partial charge in [0.1, 0.15) is 5.78 Å². The van der Waals surface area contributed by atoms with Crippen molar-refractivity contribution < 1.29 is 4.79 Å². The summed E-state index contributed by atoms with van der Waals surface area (Å²) in [5, 5.41) is 0. The van der Waals surface area contributed by atoms with Crippen LogP contribution in [0.2, 0.25) is 0 Å². The molecule has 0 bridgehead atoms. The van der Waals surface area contributed by atoms with E-state index in [1.807, 2.05) is 6.92 Å². The van der Waals surface area contributed by atoms with E-state index < -0.39 is 0 Å². The summed E-state index contributed by atoms with van der Waals surface area (Å²) in [5.41, 5.74) is 0. The predicted molar refractivity (Wildman–Crippen MR) is 80.8 cm³/mol. The van der Waals surface area contributed by atoms with Crippen molar-refractivity contribution in [1.29, 1.82) is 0 Å². The van der Waals surface area contributed by atoms with Gasteiger partial charge in [0, 0.05) is 5.92 Å². The molecular formula is C17H32O. The first kappa shape index (κ1) is 17.4. The first-order valence-corrected chi connectivity index (χ1v) is 7.75. The standard InChI is InChI=1S/C17H32O/c1-5-6-7-8-9-10-12-15(2)13-11-14-16(3)17(4)18/h11,14-16H,5-10,12-13H2,1-4H3/b14-11-/t15-,16+/m1/s1. The lowest BCUT2D eigenvalue weighted by Gasteiger charge is -2.08. The fraction of sp³-hybridized carbons (Fsp3) is 0.824.